The van der Waals surface area contributed by atoms with E-state index in [0.29, 0.717) is 12.8 Å². The molecule has 0 aliphatic rings. The summed E-state index contributed by atoms with van der Waals surface area (Å²) in [5.74, 6) is -0.148. The normalized spacial score (nSPS) is 14.1. The average molecular weight is 500 g/mol. The van der Waals surface area contributed by atoms with E-state index in [1.54, 1.807) is 0 Å². The smallest absolute Gasteiger partial charge is 0.220 e. The van der Waals surface area contributed by atoms with Crippen molar-refractivity contribution in [1.29, 1.82) is 0 Å². The number of hydrogen-bond acceptors (Lipinski definition) is 4. The number of rotatable bonds is 27. The van der Waals surface area contributed by atoms with Gasteiger partial charge in [0.2, 0.25) is 5.91 Å². The minimum absolute atomic E-state index is 0.148. The summed E-state index contributed by atoms with van der Waals surface area (Å²) in [6.45, 7) is 4.12. The van der Waals surface area contributed by atoms with Gasteiger partial charge in [0.1, 0.15) is 6.10 Å². The summed E-state index contributed by atoms with van der Waals surface area (Å²) < 4.78 is 0. The van der Waals surface area contributed by atoms with Crippen molar-refractivity contribution in [2.75, 3.05) is 6.61 Å². The van der Waals surface area contributed by atoms with E-state index < -0.39 is 18.2 Å². The van der Waals surface area contributed by atoms with Crippen LogP contribution in [0.1, 0.15) is 162 Å². The highest BCUT2D eigenvalue weighted by atomic mass is 16.3. The Morgan fingerprint density at radius 2 is 0.971 bits per heavy atom. The standard InChI is InChI=1S/C30H61NO4/c1-3-5-7-9-11-13-14-15-17-19-21-23-25-29(34)31-27(26-32)30(35)28(33)24-22-20-18-16-12-10-8-6-4-2/h27-28,30,32-33,35H,3-26H2,1-2H3,(H,31,34). The van der Waals surface area contributed by atoms with Gasteiger partial charge in [-0.1, -0.05) is 142 Å². The first kappa shape index (κ1) is 34.4. The van der Waals surface area contributed by atoms with E-state index in [4.69, 9.17) is 0 Å². The monoisotopic (exact) mass is 499 g/mol. The van der Waals surface area contributed by atoms with Crippen LogP contribution in [0.4, 0.5) is 0 Å². The highest BCUT2D eigenvalue weighted by molar-refractivity contribution is 5.76. The fraction of sp³-hybridized carbons (Fsp3) is 0.967. The van der Waals surface area contributed by atoms with Gasteiger partial charge < -0.3 is 20.6 Å². The molecular formula is C30H61NO4. The van der Waals surface area contributed by atoms with Crippen molar-refractivity contribution in [3.8, 4) is 0 Å². The fourth-order valence-electron chi connectivity index (χ4n) is 4.75. The fourth-order valence-corrected chi connectivity index (χ4v) is 4.75. The van der Waals surface area contributed by atoms with Gasteiger partial charge in [-0.3, -0.25) is 4.79 Å². The van der Waals surface area contributed by atoms with E-state index in [9.17, 15) is 20.1 Å². The summed E-state index contributed by atoms with van der Waals surface area (Å²) in [5.41, 5.74) is 0. The van der Waals surface area contributed by atoms with Gasteiger partial charge in [0.05, 0.1) is 18.8 Å². The lowest BCUT2D eigenvalue weighted by Crippen LogP contribution is -2.50. The van der Waals surface area contributed by atoms with Crippen molar-refractivity contribution >= 4 is 5.91 Å². The highest BCUT2D eigenvalue weighted by Gasteiger charge is 2.26. The molecule has 3 atom stereocenters. The van der Waals surface area contributed by atoms with Gasteiger partial charge in [-0.2, -0.15) is 0 Å². The number of hydrogen-bond donors (Lipinski definition) is 4. The van der Waals surface area contributed by atoms with Crippen LogP contribution < -0.4 is 5.32 Å². The third kappa shape index (κ3) is 22.3. The van der Waals surface area contributed by atoms with Crippen LogP contribution in [0.2, 0.25) is 0 Å². The van der Waals surface area contributed by atoms with Crippen LogP contribution >= 0.6 is 0 Å². The van der Waals surface area contributed by atoms with Gasteiger partial charge in [-0.05, 0) is 12.8 Å². The molecule has 0 rings (SSSR count). The Morgan fingerprint density at radius 1 is 0.600 bits per heavy atom. The number of amides is 1. The second-order valence-corrected chi connectivity index (χ2v) is 10.7. The summed E-state index contributed by atoms with van der Waals surface area (Å²) in [7, 11) is 0. The molecule has 0 fully saturated rings. The predicted octanol–water partition coefficient (Wildman–Crippen LogP) is 7.20. The maximum atomic E-state index is 12.2. The quantitative estimate of drug-likeness (QED) is 0.0900. The van der Waals surface area contributed by atoms with Gasteiger partial charge in [-0.25, -0.2) is 0 Å². The summed E-state index contributed by atoms with van der Waals surface area (Å²) in [4.78, 5) is 12.2. The number of carbonyl (C=O) groups excluding carboxylic acids is 1. The summed E-state index contributed by atoms with van der Waals surface area (Å²) in [6, 6.07) is -0.798. The second-order valence-electron chi connectivity index (χ2n) is 10.7. The largest absolute Gasteiger partial charge is 0.394 e. The van der Waals surface area contributed by atoms with Gasteiger partial charge >= 0.3 is 0 Å². The van der Waals surface area contributed by atoms with E-state index in [2.05, 4.69) is 19.2 Å². The maximum absolute atomic E-state index is 12.2. The summed E-state index contributed by atoms with van der Waals surface area (Å²) in [5, 5.41) is 33.0. The second kappa shape index (κ2) is 26.4. The number of nitrogens with one attached hydrogen (secondary N) is 1. The Bertz CT molecular complexity index is 446. The van der Waals surface area contributed by atoms with Crippen molar-refractivity contribution in [1.82, 2.24) is 5.32 Å². The third-order valence-electron chi connectivity index (χ3n) is 7.21. The molecule has 3 unspecified atom stereocenters. The SMILES string of the molecule is CCCCCCCCCCCCCCC(=O)NC(CO)C(O)C(O)CCCCCCCCCCC. The molecule has 0 aromatic heterocycles. The minimum atomic E-state index is -1.13. The summed E-state index contributed by atoms with van der Waals surface area (Å²) in [6.07, 6.45) is 24.7. The highest BCUT2D eigenvalue weighted by Crippen LogP contribution is 2.15. The van der Waals surface area contributed by atoms with Crippen LogP contribution in [0.3, 0.4) is 0 Å². The molecule has 0 spiro atoms. The molecule has 0 aromatic rings. The zero-order valence-corrected chi connectivity index (χ0v) is 23.5. The minimum Gasteiger partial charge on any atom is -0.394 e. The van der Waals surface area contributed by atoms with Gasteiger partial charge in [-0.15, -0.1) is 0 Å². The maximum Gasteiger partial charge on any atom is 0.220 e. The van der Waals surface area contributed by atoms with Crippen LogP contribution in [0.25, 0.3) is 0 Å². The van der Waals surface area contributed by atoms with E-state index in [1.807, 2.05) is 0 Å². The van der Waals surface area contributed by atoms with Gasteiger partial charge in [0, 0.05) is 6.42 Å². The van der Waals surface area contributed by atoms with Crippen molar-refractivity contribution in [3.05, 3.63) is 0 Å². The lowest BCUT2D eigenvalue weighted by Gasteiger charge is -2.26. The number of carbonyl (C=O) groups is 1. The van der Waals surface area contributed by atoms with E-state index >= 15 is 0 Å². The first-order chi connectivity index (χ1) is 17.1. The first-order valence-electron chi connectivity index (χ1n) is 15.3. The molecule has 0 radical (unpaired) electrons. The molecule has 4 N–H and O–H groups in total. The van der Waals surface area contributed by atoms with Crippen LogP contribution in [0.5, 0.6) is 0 Å². The van der Waals surface area contributed by atoms with Crippen molar-refractivity contribution in [2.45, 2.75) is 180 Å². The molecule has 35 heavy (non-hydrogen) atoms. The Balaban J connectivity index is 3.74. The molecule has 5 nitrogen and oxygen atoms in total. The lowest BCUT2D eigenvalue weighted by atomic mass is 9.99. The molecule has 0 saturated heterocycles. The molecule has 0 aromatic carbocycles. The van der Waals surface area contributed by atoms with E-state index in [1.165, 1.54) is 96.3 Å². The molecule has 210 valence electrons. The molecule has 0 aliphatic heterocycles. The van der Waals surface area contributed by atoms with Crippen molar-refractivity contribution in [3.63, 3.8) is 0 Å². The number of aliphatic hydroxyl groups is 3. The predicted molar refractivity (Wildman–Crippen MR) is 149 cm³/mol. The zero-order chi connectivity index (χ0) is 26.0. The Labute approximate surface area is 217 Å². The van der Waals surface area contributed by atoms with Crippen LogP contribution in [0, 0.1) is 0 Å². The lowest BCUT2D eigenvalue weighted by molar-refractivity contribution is -0.124. The molecule has 0 aliphatic carbocycles. The molecule has 5 heteroatoms. The number of aliphatic hydroxyl groups excluding tert-OH is 3. The van der Waals surface area contributed by atoms with Crippen LogP contribution in [-0.4, -0.2) is 46.1 Å². The third-order valence-corrected chi connectivity index (χ3v) is 7.21. The Hall–Kier alpha value is -0.650. The summed E-state index contributed by atoms with van der Waals surface area (Å²) >= 11 is 0. The molecular weight excluding hydrogens is 438 g/mol. The molecule has 0 heterocycles. The van der Waals surface area contributed by atoms with Gasteiger partial charge in [0.15, 0.2) is 0 Å². The number of unbranched alkanes of at least 4 members (excludes halogenated alkanes) is 19. The first-order valence-corrected chi connectivity index (χ1v) is 15.3. The van der Waals surface area contributed by atoms with Crippen molar-refractivity contribution < 1.29 is 20.1 Å². The van der Waals surface area contributed by atoms with Crippen LogP contribution in [-0.2, 0) is 4.79 Å². The zero-order valence-electron chi connectivity index (χ0n) is 23.5. The molecule has 0 bridgehead atoms. The Kier molecular flexibility index (Phi) is 25.9. The average Bonchev–Trinajstić information content (AvgIpc) is 2.86. The topological polar surface area (TPSA) is 89.8 Å². The van der Waals surface area contributed by atoms with Gasteiger partial charge in [0.25, 0.3) is 0 Å². The Morgan fingerprint density at radius 3 is 1.37 bits per heavy atom. The molecule has 1 amide bonds. The van der Waals surface area contributed by atoms with E-state index in [0.717, 1.165) is 38.5 Å². The van der Waals surface area contributed by atoms with Crippen LogP contribution in [0.15, 0.2) is 0 Å². The molecule has 0 saturated carbocycles. The van der Waals surface area contributed by atoms with Crippen molar-refractivity contribution in [2.24, 2.45) is 0 Å². The van der Waals surface area contributed by atoms with E-state index in [-0.39, 0.29) is 12.5 Å².